The Labute approximate surface area is 379 Å². The number of amides is 1. The summed E-state index contributed by atoms with van der Waals surface area (Å²) in [4.78, 5) is 22.7. The van der Waals surface area contributed by atoms with Gasteiger partial charge < -0.3 is 21.1 Å². The summed E-state index contributed by atoms with van der Waals surface area (Å²) in [5.41, 5.74) is 5.38. The van der Waals surface area contributed by atoms with Crippen molar-refractivity contribution in [1.29, 1.82) is 0 Å². The van der Waals surface area contributed by atoms with Crippen LogP contribution < -0.4 is 11.1 Å². The third kappa shape index (κ3) is 47.0. The maximum Gasteiger partial charge on any atom is 0.472 e. The van der Waals surface area contributed by atoms with Crippen molar-refractivity contribution >= 4 is 13.7 Å². The van der Waals surface area contributed by atoms with E-state index < -0.39 is 20.0 Å². The summed E-state index contributed by atoms with van der Waals surface area (Å²) in [6.07, 6.45) is 57.5. The molecule has 0 aromatic heterocycles. The average Bonchev–Trinajstić information content (AvgIpc) is 3.25. The molecular weight excluding hydrogens is 780 g/mol. The lowest BCUT2D eigenvalue weighted by atomic mass is 10.0. The molecule has 1 unspecified atom stereocenters. The van der Waals surface area contributed by atoms with Crippen molar-refractivity contribution in [3.8, 4) is 0 Å². The number of rotatable bonds is 51. The second-order valence-corrected chi connectivity index (χ2v) is 19.9. The number of nitrogens with one attached hydrogen (secondary N) is 1. The SMILES string of the molecule is CCCCCCCCCC/C=C/[C@@H](O)[C@H](COP(=O)(O)OCCN)NC(=O)CCCCCCCCCCCCCCCCCCCCCCCCCCCCCCCCCC. The number of phosphoric acid groups is 1. The molecule has 0 saturated heterocycles. The highest BCUT2D eigenvalue weighted by Gasteiger charge is 2.26. The topological polar surface area (TPSA) is 131 Å². The van der Waals surface area contributed by atoms with E-state index in [4.69, 9.17) is 14.8 Å². The normalized spacial score (nSPS) is 13.9. The number of carbonyl (C=O) groups excluding carboxylic acids is 1. The maximum absolute atomic E-state index is 12.8. The van der Waals surface area contributed by atoms with Crippen LogP contribution in [0.25, 0.3) is 0 Å². The van der Waals surface area contributed by atoms with E-state index in [1.807, 2.05) is 6.08 Å². The van der Waals surface area contributed by atoms with Crippen LogP contribution in [-0.4, -0.2) is 47.8 Å². The average molecular weight is 885 g/mol. The number of unbranched alkanes of at least 4 members (excludes halogenated alkanes) is 39. The van der Waals surface area contributed by atoms with E-state index in [9.17, 15) is 19.4 Å². The molecule has 9 heteroatoms. The van der Waals surface area contributed by atoms with E-state index in [0.717, 1.165) is 38.5 Å². The first kappa shape index (κ1) is 60.2. The highest BCUT2D eigenvalue weighted by atomic mass is 31.2. The first-order valence-corrected chi connectivity index (χ1v) is 28.3. The highest BCUT2D eigenvalue weighted by molar-refractivity contribution is 7.47. The molecule has 0 bridgehead atoms. The van der Waals surface area contributed by atoms with Crippen molar-refractivity contribution in [1.82, 2.24) is 5.32 Å². The molecule has 0 fully saturated rings. The molecule has 5 N–H and O–H groups in total. The third-order valence-corrected chi connectivity index (χ3v) is 13.3. The molecule has 0 aliphatic carbocycles. The zero-order chi connectivity index (χ0) is 44.6. The number of aliphatic hydroxyl groups is 1. The molecule has 0 radical (unpaired) electrons. The monoisotopic (exact) mass is 885 g/mol. The van der Waals surface area contributed by atoms with Crippen LogP contribution in [0.2, 0.25) is 0 Å². The van der Waals surface area contributed by atoms with Gasteiger partial charge in [-0.05, 0) is 19.3 Å². The van der Waals surface area contributed by atoms with Gasteiger partial charge in [0.25, 0.3) is 0 Å². The van der Waals surface area contributed by atoms with Gasteiger partial charge in [0.1, 0.15) is 0 Å². The Bertz CT molecular complexity index is 968. The van der Waals surface area contributed by atoms with Gasteiger partial charge in [-0.15, -0.1) is 0 Å². The number of allylic oxidation sites excluding steroid dienone is 1. The van der Waals surface area contributed by atoms with Gasteiger partial charge in [-0.25, -0.2) is 4.57 Å². The van der Waals surface area contributed by atoms with Crippen LogP contribution in [0.4, 0.5) is 0 Å². The number of aliphatic hydroxyl groups excluding tert-OH is 1. The Morgan fingerprint density at radius 3 is 1.16 bits per heavy atom. The predicted octanol–water partition coefficient (Wildman–Crippen LogP) is 15.9. The van der Waals surface area contributed by atoms with Gasteiger partial charge >= 0.3 is 7.82 Å². The lowest BCUT2D eigenvalue weighted by Gasteiger charge is -2.23. The fourth-order valence-corrected chi connectivity index (χ4v) is 9.07. The van der Waals surface area contributed by atoms with Gasteiger partial charge in [0.05, 0.1) is 25.4 Å². The summed E-state index contributed by atoms with van der Waals surface area (Å²) in [6, 6.07) is -0.854. The molecule has 0 aliphatic heterocycles. The minimum Gasteiger partial charge on any atom is -0.387 e. The molecule has 0 aromatic rings. The lowest BCUT2D eigenvalue weighted by Crippen LogP contribution is -2.45. The Hall–Kier alpha value is -0.760. The van der Waals surface area contributed by atoms with Gasteiger partial charge in [-0.2, -0.15) is 0 Å². The summed E-state index contributed by atoms with van der Waals surface area (Å²) in [5, 5.41) is 13.7. The summed E-state index contributed by atoms with van der Waals surface area (Å²) >= 11 is 0. The molecule has 0 heterocycles. The smallest absolute Gasteiger partial charge is 0.387 e. The number of nitrogens with two attached hydrogens (primary N) is 1. The van der Waals surface area contributed by atoms with Crippen molar-refractivity contribution in [2.24, 2.45) is 5.73 Å². The molecule has 61 heavy (non-hydrogen) atoms. The van der Waals surface area contributed by atoms with Crippen LogP contribution in [0.15, 0.2) is 12.2 Å². The van der Waals surface area contributed by atoms with Crippen LogP contribution in [0.3, 0.4) is 0 Å². The van der Waals surface area contributed by atoms with E-state index in [1.54, 1.807) is 6.08 Å². The molecule has 0 aromatic carbocycles. The van der Waals surface area contributed by atoms with E-state index in [2.05, 4.69) is 19.2 Å². The summed E-state index contributed by atoms with van der Waals surface area (Å²) in [5.74, 6) is -0.189. The zero-order valence-electron chi connectivity index (χ0n) is 40.7. The van der Waals surface area contributed by atoms with Gasteiger partial charge in [0.2, 0.25) is 5.91 Å². The lowest BCUT2D eigenvalue weighted by molar-refractivity contribution is -0.123. The molecule has 0 rings (SSSR count). The van der Waals surface area contributed by atoms with Gasteiger partial charge in [-0.1, -0.05) is 270 Å². The predicted molar refractivity (Wildman–Crippen MR) is 263 cm³/mol. The summed E-state index contributed by atoms with van der Waals surface area (Å²) < 4.78 is 22.1. The molecule has 8 nitrogen and oxygen atoms in total. The fourth-order valence-electron chi connectivity index (χ4n) is 8.31. The summed E-state index contributed by atoms with van der Waals surface area (Å²) in [7, 11) is -4.33. The minimum absolute atomic E-state index is 0.0813. The van der Waals surface area contributed by atoms with Crippen molar-refractivity contribution < 1.29 is 28.4 Å². The van der Waals surface area contributed by atoms with Crippen LogP contribution in [-0.2, 0) is 18.4 Å². The first-order chi connectivity index (χ1) is 29.9. The Morgan fingerprint density at radius 1 is 0.525 bits per heavy atom. The number of hydrogen-bond acceptors (Lipinski definition) is 6. The van der Waals surface area contributed by atoms with Gasteiger partial charge in [0.15, 0.2) is 0 Å². The highest BCUT2D eigenvalue weighted by Crippen LogP contribution is 2.43. The van der Waals surface area contributed by atoms with E-state index in [1.165, 1.54) is 225 Å². The third-order valence-electron chi connectivity index (χ3n) is 12.4. The van der Waals surface area contributed by atoms with Crippen molar-refractivity contribution in [3.05, 3.63) is 12.2 Å². The minimum atomic E-state index is -4.33. The summed E-state index contributed by atoms with van der Waals surface area (Å²) in [6.45, 7) is 4.15. The number of carbonyl (C=O) groups is 1. The van der Waals surface area contributed by atoms with E-state index in [-0.39, 0.29) is 25.7 Å². The molecule has 0 spiro atoms. The molecular formula is C52H105N2O6P. The zero-order valence-corrected chi connectivity index (χ0v) is 41.6. The van der Waals surface area contributed by atoms with Crippen LogP contribution in [0.5, 0.6) is 0 Å². The van der Waals surface area contributed by atoms with Gasteiger partial charge in [0, 0.05) is 13.0 Å². The molecule has 0 aliphatic rings. The second-order valence-electron chi connectivity index (χ2n) is 18.5. The second kappa shape index (κ2) is 48.7. The maximum atomic E-state index is 12.8. The molecule has 3 atom stereocenters. The quantitative estimate of drug-likeness (QED) is 0.0272. The van der Waals surface area contributed by atoms with Crippen molar-refractivity contribution in [2.75, 3.05) is 19.8 Å². The van der Waals surface area contributed by atoms with Crippen LogP contribution in [0.1, 0.15) is 284 Å². The Balaban J connectivity index is 3.77. The van der Waals surface area contributed by atoms with Gasteiger partial charge in [-0.3, -0.25) is 13.8 Å². The first-order valence-electron chi connectivity index (χ1n) is 26.8. The van der Waals surface area contributed by atoms with E-state index >= 15 is 0 Å². The fraction of sp³-hybridized carbons (Fsp3) is 0.942. The number of hydrogen-bond donors (Lipinski definition) is 4. The Morgan fingerprint density at radius 2 is 0.836 bits per heavy atom. The molecule has 1 amide bonds. The largest absolute Gasteiger partial charge is 0.472 e. The van der Waals surface area contributed by atoms with Crippen LogP contribution in [0, 0.1) is 0 Å². The Kier molecular flexibility index (Phi) is 48.1. The van der Waals surface area contributed by atoms with Crippen LogP contribution >= 0.6 is 7.82 Å². The van der Waals surface area contributed by atoms with Crippen molar-refractivity contribution in [3.63, 3.8) is 0 Å². The molecule has 0 saturated carbocycles. The van der Waals surface area contributed by atoms with Crippen molar-refractivity contribution in [2.45, 2.75) is 296 Å². The standard InChI is InChI=1S/C52H105N2O6P/c1-3-5-7-9-11-13-15-16-17-18-19-20-21-22-23-24-25-26-27-28-29-30-31-32-33-34-35-36-38-40-42-44-46-52(56)54-50(49-60-61(57,58)59-48-47-53)51(55)45-43-41-39-37-14-12-10-8-6-4-2/h43,45,50-51,55H,3-42,44,46-49,53H2,1-2H3,(H,54,56)(H,57,58)/b45-43+/t50-,51+/m0/s1. The van der Waals surface area contributed by atoms with E-state index in [0.29, 0.717) is 6.42 Å². The number of phosphoric ester groups is 1. The molecule has 364 valence electrons.